The van der Waals surface area contributed by atoms with Gasteiger partial charge in [0.15, 0.2) is 0 Å². The van der Waals surface area contributed by atoms with E-state index in [2.05, 4.69) is 55.6 Å². The fourth-order valence-corrected chi connectivity index (χ4v) is 9.60. The summed E-state index contributed by atoms with van der Waals surface area (Å²) in [6, 6.07) is -0.622. The van der Waals surface area contributed by atoms with Crippen molar-refractivity contribution < 1.29 is 15.0 Å². The van der Waals surface area contributed by atoms with Crippen LogP contribution in [0.1, 0.15) is 335 Å². The maximum absolute atomic E-state index is 12.5. The van der Waals surface area contributed by atoms with Gasteiger partial charge in [-0.05, 0) is 57.8 Å². The Hall–Kier alpha value is -1.65. The molecule has 400 valence electrons. The molecule has 0 radical (unpaired) electrons. The molecule has 3 N–H and O–H groups in total. The Kier molecular flexibility index (Phi) is 58.2. The number of carbonyl (C=O) groups is 1. The zero-order valence-corrected chi connectivity index (χ0v) is 46.1. The number of amides is 1. The molecule has 0 aliphatic carbocycles. The molecule has 0 aromatic heterocycles. The number of hydrogen-bond donors (Lipinski definition) is 3. The molecule has 0 aromatic carbocycles. The first-order chi connectivity index (χ1) is 33.7. The Bertz CT molecular complexity index is 1080. The average Bonchev–Trinajstić information content (AvgIpc) is 3.34. The van der Waals surface area contributed by atoms with Crippen LogP contribution in [0, 0.1) is 0 Å². The third-order valence-electron chi connectivity index (χ3n) is 14.3. The van der Waals surface area contributed by atoms with Crippen molar-refractivity contribution in [3.8, 4) is 0 Å². The van der Waals surface area contributed by atoms with Crippen molar-refractivity contribution in [3.63, 3.8) is 0 Å². The summed E-state index contributed by atoms with van der Waals surface area (Å²) >= 11 is 0. The van der Waals surface area contributed by atoms with Crippen LogP contribution in [-0.4, -0.2) is 34.9 Å². The Morgan fingerprint density at radius 3 is 0.897 bits per heavy atom. The Labute approximate surface area is 426 Å². The van der Waals surface area contributed by atoms with Crippen molar-refractivity contribution in [1.82, 2.24) is 5.32 Å². The van der Waals surface area contributed by atoms with Crippen molar-refractivity contribution in [2.45, 2.75) is 347 Å². The van der Waals surface area contributed by atoms with E-state index in [4.69, 9.17) is 0 Å². The van der Waals surface area contributed by atoms with Gasteiger partial charge in [-0.2, -0.15) is 0 Å². The van der Waals surface area contributed by atoms with Crippen LogP contribution < -0.4 is 5.32 Å². The summed E-state index contributed by atoms with van der Waals surface area (Å²) in [7, 11) is 0. The van der Waals surface area contributed by atoms with Gasteiger partial charge >= 0.3 is 0 Å². The highest BCUT2D eigenvalue weighted by Crippen LogP contribution is 2.18. The van der Waals surface area contributed by atoms with E-state index in [0.717, 1.165) is 38.5 Å². The number of aliphatic hydroxyl groups is 2. The second-order valence-electron chi connectivity index (χ2n) is 21.1. The first-order valence-electron chi connectivity index (χ1n) is 30.9. The lowest BCUT2D eigenvalue weighted by atomic mass is 10.0. The predicted molar refractivity (Wildman–Crippen MR) is 304 cm³/mol. The second-order valence-corrected chi connectivity index (χ2v) is 21.1. The molecule has 0 aliphatic heterocycles. The minimum atomic E-state index is -0.839. The molecule has 0 saturated carbocycles. The largest absolute Gasteiger partial charge is 0.394 e. The van der Waals surface area contributed by atoms with Gasteiger partial charge in [0.05, 0.1) is 18.8 Å². The summed E-state index contributed by atoms with van der Waals surface area (Å²) < 4.78 is 0. The molecule has 2 unspecified atom stereocenters. The molecule has 0 bridgehead atoms. The molecule has 0 heterocycles. The van der Waals surface area contributed by atoms with Gasteiger partial charge in [-0.1, -0.05) is 319 Å². The normalized spacial score (nSPS) is 13.1. The van der Waals surface area contributed by atoms with Crippen LogP contribution in [0.5, 0.6) is 0 Å². The molecule has 2 atom stereocenters. The molecular formula is C64H121NO3. The SMILES string of the molecule is CCCCCCC/C=C\C/C=C\C/C=C\CCCCCCCCCCCCCCCCCCCCCCC(=O)NC(CO)C(O)/C=C/CCCCCCCCCCCCCCCCCCCCC. The quantitative estimate of drug-likeness (QED) is 0.0420. The van der Waals surface area contributed by atoms with E-state index < -0.39 is 12.1 Å². The summed E-state index contributed by atoms with van der Waals surface area (Å²) in [5.74, 6) is -0.0584. The maximum Gasteiger partial charge on any atom is 0.220 e. The van der Waals surface area contributed by atoms with Crippen LogP contribution >= 0.6 is 0 Å². The Balaban J connectivity index is 3.44. The Morgan fingerprint density at radius 1 is 0.353 bits per heavy atom. The molecule has 0 fully saturated rings. The van der Waals surface area contributed by atoms with Crippen LogP contribution in [0.25, 0.3) is 0 Å². The van der Waals surface area contributed by atoms with Crippen molar-refractivity contribution in [1.29, 1.82) is 0 Å². The van der Waals surface area contributed by atoms with Crippen molar-refractivity contribution in [3.05, 3.63) is 48.6 Å². The number of nitrogens with one attached hydrogen (secondary N) is 1. The third kappa shape index (κ3) is 55.3. The minimum Gasteiger partial charge on any atom is -0.394 e. The maximum atomic E-state index is 12.5. The molecule has 68 heavy (non-hydrogen) atoms. The first-order valence-corrected chi connectivity index (χ1v) is 30.9. The summed E-state index contributed by atoms with van der Waals surface area (Å²) in [6.07, 6.45) is 83.0. The zero-order valence-electron chi connectivity index (χ0n) is 46.1. The van der Waals surface area contributed by atoms with E-state index in [1.807, 2.05) is 6.08 Å². The summed E-state index contributed by atoms with van der Waals surface area (Å²) in [4.78, 5) is 12.5. The van der Waals surface area contributed by atoms with Crippen molar-refractivity contribution in [2.24, 2.45) is 0 Å². The van der Waals surface area contributed by atoms with Gasteiger partial charge in [0.1, 0.15) is 0 Å². The molecule has 0 rings (SSSR count). The van der Waals surface area contributed by atoms with Gasteiger partial charge in [-0.15, -0.1) is 0 Å². The van der Waals surface area contributed by atoms with E-state index in [0.29, 0.717) is 6.42 Å². The van der Waals surface area contributed by atoms with Crippen LogP contribution in [0.2, 0.25) is 0 Å². The number of carbonyl (C=O) groups excluding carboxylic acids is 1. The van der Waals surface area contributed by atoms with E-state index >= 15 is 0 Å². The topological polar surface area (TPSA) is 69.6 Å². The van der Waals surface area contributed by atoms with E-state index in [1.54, 1.807) is 6.08 Å². The fourth-order valence-electron chi connectivity index (χ4n) is 9.60. The third-order valence-corrected chi connectivity index (χ3v) is 14.3. The number of hydrogen-bond acceptors (Lipinski definition) is 3. The molecule has 0 aromatic rings. The van der Waals surface area contributed by atoms with Crippen LogP contribution in [-0.2, 0) is 4.79 Å². The second kappa shape index (κ2) is 59.7. The standard InChI is InChI=1S/C64H121NO3/c1-3-5-7-9-11-13-15-17-19-21-23-25-26-27-28-29-30-31-32-33-34-35-36-37-38-40-42-44-46-48-50-52-54-56-58-60-64(68)65-62(61-66)63(67)59-57-55-53-51-49-47-45-43-41-39-24-22-20-18-16-14-12-10-8-6-4-2/h15,17,21,23,26-27,57,59,62-63,66-67H,3-14,16,18-20,22,24-25,28-56,58,60-61H2,1-2H3,(H,65,68)/b17-15-,23-21-,27-26-,59-57+. The van der Waals surface area contributed by atoms with Crippen molar-refractivity contribution >= 4 is 5.91 Å². The first kappa shape index (κ1) is 66.3. The van der Waals surface area contributed by atoms with Crippen LogP contribution in [0.4, 0.5) is 0 Å². The smallest absolute Gasteiger partial charge is 0.220 e. The highest BCUT2D eigenvalue weighted by Gasteiger charge is 2.18. The van der Waals surface area contributed by atoms with E-state index in [1.165, 1.54) is 276 Å². The lowest BCUT2D eigenvalue weighted by Gasteiger charge is -2.20. The lowest BCUT2D eigenvalue weighted by Crippen LogP contribution is -2.45. The minimum absolute atomic E-state index is 0.0584. The fraction of sp³-hybridized carbons (Fsp3) is 0.859. The van der Waals surface area contributed by atoms with Crippen molar-refractivity contribution in [2.75, 3.05) is 6.61 Å². The summed E-state index contributed by atoms with van der Waals surface area (Å²) in [5.41, 5.74) is 0. The van der Waals surface area contributed by atoms with E-state index in [-0.39, 0.29) is 12.5 Å². The highest BCUT2D eigenvalue weighted by atomic mass is 16.3. The van der Waals surface area contributed by atoms with Gasteiger partial charge in [-0.25, -0.2) is 0 Å². The van der Waals surface area contributed by atoms with Gasteiger partial charge in [0.25, 0.3) is 0 Å². The van der Waals surface area contributed by atoms with Gasteiger partial charge < -0.3 is 15.5 Å². The summed E-state index contributed by atoms with van der Waals surface area (Å²) in [5, 5.41) is 23.2. The number of aliphatic hydroxyl groups excluding tert-OH is 2. The Morgan fingerprint density at radius 2 is 0.603 bits per heavy atom. The monoisotopic (exact) mass is 952 g/mol. The zero-order chi connectivity index (χ0) is 49.2. The molecule has 4 nitrogen and oxygen atoms in total. The highest BCUT2D eigenvalue weighted by molar-refractivity contribution is 5.76. The number of rotatable bonds is 57. The molecule has 0 spiro atoms. The van der Waals surface area contributed by atoms with Gasteiger partial charge in [0, 0.05) is 6.42 Å². The lowest BCUT2D eigenvalue weighted by molar-refractivity contribution is -0.123. The van der Waals surface area contributed by atoms with Crippen LogP contribution in [0.3, 0.4) is 0 Å². The summed E-state index contributed by atoms with van der Waals surface area (Å²) in [6.45, 7) is 4.33. The number of unbranched alkanes of at least 4 members (excludes halogenated alkanes) is 44. The van der Waals surface area contributed by atoms with E-state index in [9.17, 15) is 15.0 Å². The predicted octanol–water partition coefficient (Wildman–Crippen LogP) is 20.6. The van der Waals surface area contributed by atoms with Gasteiger partial charge in [-0.3, -0.25) is 4.79 Å². The molecule has 4 heteroatoms. The number of allylic oxidation sites excluding steroid dienone is 7. The van der Waals surface area contributed by atoms with Gasteiger partial charge in [0.2, 0.25) is 5.91 Å². The molecule has 1 amide bonds. The average molecular weight is 953 g/mol. The molecular weight excluding hydrogens is 831 g/mol. The molecule has 0 saturated heterocycles. The molecule has 0 aliphatic rings. The van der Waals surface area contributed by atoms with Crippen LogP contribution in [0.15, 0.2) is 48.6 Å².